The van der Waals surface area contributed by atoms with Crippen molar-refractivity contribution in [2.45, 2.75) is 13.3 Å². The second-order valence-corrected chi connectivity index (χ2v) is 3.12. The summed E-state index contributed by atoms with van der Waals surface area (Å²) in [5.74, 6) is 5.88. The standard InChI is InChI=1S/C12H14N2O/c1-10(15)14-9-5-4-7-11-6-2-3-8-12(11)13/h2-3,6,8H,5,9,13H2,1H3,(H,14,15). The molecule has 0 saturated carbocycles. The van der Waals surface area contributed by atoms with E-state index in [0.29, 0.717) is 18.7 Å². The second kappa shape index (κ2) is 5.71. The van der Waals surface area contributed by atoms with Crippen molar-refractivity contribution in [3.63, 3.8) is 0 Å². The Morgan fingerprint density at radius 2 is 2.20 bits per heavy atom. The molecule has 1 rings (SSSR count). The number of anilines is 1. The minimum absolute atomic E-state index is 0.0315. The molecule has 15 heavy (non-hydrogen) atoms. The Hall–Kier alpha value is -1.95. The van der Waals surface area contributed by atoms with Crippen LogP contribution >= 0.6 is 0 Å². The van der Waals surface area contributed by atoms with Crippen LogP contribution in [-0.2, 0) is 4.79 Å². The number of nitrogens with one attached hydrogen (secondary N) is 1. The Bertz CT molecular complexity index is 402. The van der Waals surface area contributed by atoms with Crippen molar-refractivity contribution in [2.24, 2.45) is 0 Å². The summed E-state index contributed by atoms with van der Waals surface area (Å²) in [6.45, 7) is 2.07. The zero-order chi connectivity index (χ0) is 11.1. The molecule has 0 radical (unpaired) electrons. The average Bonchev–Trinajstić information content (AvgIpc) is 2.20. The van der Waals surface area contributed by atoms with E-state index in [0.717, 1.165) is 5.56 Å². The Kier molecular flexibility index (Phi) is 4.24. The molecule has 0 unspecified atom stereocenters. The third-order valence-electron chi connectivity index (χ3n) is 1.81. The number of hydrogen-bond acceptors (Lipinski definition) is 2. The molecular formula is C12H14N2O. The number of para-hydroxylation sites is 1. The number of rotatable bonds is 2. The third-order valence-corrected chi connectivity index (χ3v) is 1.81. The number of benzene rings is 1. The first kappa shape index (κ1) is 11.1. The molecule has 78 valence electrons. The molecule has 1 amide bonds. The van der Waals surface area contributed by atoms with Gasteiger partial charge in [0, 0.05) is 31.1 Å². The van der Waals surface area contributed by atoms with E-state index in [1.54, 1.807) is 0 Å². The summed E-state index contributed by atoms with van der Waals surface area (Å²) in [6.07, 6.45) is 0.633. The Balaban J connectivity index is 2.45. The average molecular weight is 202 g/mol. The zero-order valence-corrected chi connectivity index (χ0v) is 8.71. The van der Waals surface area contributed by atoms with Crippen molar-refractivity contribution >= 4 is 11.6 Å². The van der Waals surface area contributed by atoms with Crippen LogP contribution in [0.5, 0.6) is 0 Å². The van der Waals surface area contributed by atoms with Crippen LogP contribution in [0.15, 0.2) is 24.3 Å². The van der Waals surface area contributed by atoms with Gasteiger partial charge in [-0.1, -0.05) is 24.0 Å². The van der Waals surface area contributed by atoms with E-state index in [2.05, 4.69) is 17.2 Å². The van der Waals surface area contributed by atoms with Gasteiger partial charge in [-0.3, -0.25) is 4.79 Å². The summed E-state index contributed by atoms with van der Waals surface area (Å²) in [4.78, 5) is 10.6. The molecule has 0 fully saturated rings. The van der Waals surface area contributed by atoms with Gasteiger partial charge < -0.3 is 11.1 Å². The molecule has 0 spiro atoms. The molecule has 0 heterocycles. The summed E-state index contributed by atoms with van der Waals surface area (Å²) >= 11 is 0. The molecule has 3 N–H and O–H groups in total. The second-order valence-electron chi connectivity index (χ2n) is 3.12. The highest BCUT2D eigenvalue weighted by molar-refractivity contribution is 5.72. The summed E-state index contributed by atoms with van der Waals surface area (Å²) in [6, 6.07) is 7.46. The van der Waals surface area contributed by atoms with E-state index < -0.39 is 0 Å². The largest absolute Gasteiger partial charge is 0.398 e. The van der Waals surface area contributed by atoms with Gasteiger partial charge >= 0.3 is 0 Å². The summed E-state index contributed by atoms with van der Waals surface area (Å²) in [5.41, 5.74) is 7.23. The van der Waals surface area contributed by atoms with Gasteiger partial charge in [-0.25, -0.2) is 0 Å². The van der Waals surface area contributed by atoms with Crippen LogP contribution in [-0.4, -0.2) is 12.5 Å². The van der Waals surface area contributed by atoms with E-state index in [1.165, 1.54) is 6.92 Å². The number of carbonyl (C=O) groups excluding carboxylic acids is 1. The maximum atomic E-state index is 10.6. The quantitative estimate of drug-likeness (QED) is 0.429. The van der Waals surface area contributed by atoms with E-state index in [9.17, 15) is 4.79 Å². The van der Waals surface area contributed by atoms with Crippen LogP contribution in [0.2, 0.25) is 0 Å². The molecule has 1 aromatic rings. The minimum Gasteiger partial charge on any atom is -0.398 e. The third kappa shape index (κ3) is 4.19. The van der Waals surface area contributed by atoms with E-state index >= 15 is 0 Å². The van der Waals surface area contributed by atoms with Crippen LogP contribution in [0.3, 0.4) is 0 Å². The Morgan fingerprint density at radius 1 is 1.47 bits per heavy atom. The predicted octanol–water partition coefficient (Wildman–Crippen LogP) is 1.15. The number of hydrogen-bond donors (Lipinski definition) is 2. The van der Waals surface area contributed by atoms with Crippen LogP contribution in [0, 0.1) is 11.8 Å². The smallest absolute Gasteiger partial charge is 0.216 e. The van der Waals surface area contributed by atoms with Gasteiger partial charge in [0.15, 0.2) is 0 Å². The van der Waals surface area contributed by atoms with Gasteiger partial charge in [0.05, 0.1) is 0 Å². The monoisotopic (exact) mass is 202 g/mol. The van der Waals surface area contributed by atoms with Crippen molar-refractivity contribution in [2.75, 3.05) is 12.3 Å². The molecule has 3 heteroatoms. The van der Waals surface area contributed by atoms with E-state index in [4.69, 9.17) is 5.73 Å². The predicted molar refractivity (Wildman–Crippen MR) is 61.0 cm³/mol. The first-order valence-corrected chi connectivity index (χ1v) is 4.78. The molecule has 0 atom stereocenters. The normalized spacial score (nSPS) is 8.87. The lowest BCUT2D eigenvalue weighted by atomic mass is 10.2. The molecule has 0 bridgehead atoms. The molecule has 0 saturated heterocycles. The van der Waals surface area contributed by atoms with Gasteiger partial charge in [0.2, 0.25) is 5.91 Å². The highest BCUT2D eigenvalue weighted by Crippen LogP contribution is 2.07. The maximum absolute atomic E-state index is 10.6. The Morgan fingerprint density at radius 3 is 2.87 bits per heavy atom. The highest BCUT2D eigenvalue weighted by atomic mass is 16.1. The van der Waals surface area contributed by atoms with Crippen molar-refractivity contribution < 1.29 is 4.79 Å². The lowest BCUT2D eigenvalue weighted by Crippen LogP contribution is -2.20. The topological polar surface area (TPSA) is 55.1 Å². The van der Waals surface area contributed by atoms with Gasteiger partial charge in [0.25, 0.3) is 0 Å². The first-order chi connectivity index (χ1) is 7.20. The summed E-state index contributed by atoms with van der Waals surface area (Å²) in [7, 11) is 0. The van der Waals surface area contributed by atoms with Gasteiger partial charge in [-0.2, -0.15) is 0 Å². The fraction of sp³-hybridized carbons (Fsp3) is 0.250. The number of nitrogen functional groups attached to an aromatic ring is 1. The molecule has 0 aliphatic heterocycles. The molecule has 3 nitrogen and oxygen atoms in total. The fourth-order valence-electron chi connectivity index (χ4n) is 1.07. The summed E-state index contributed by atoms with van der Waals surface area (Å²) < 4.78 is 0. The van der Waals surface area contributed by atoms with Crippen molar-refractivity contribution in [1.82, 2.24) is 5.32 Å². The maximum Gasteiger partial charge on any atom is 0.216 e. The van der Waals surface area contributed by atoms with E-state index in [1.807, 2.05) is 24.3 Å². The Labute approximate surface area is 89.7 Å². The van der Waals surface area contributed by atoms with Crippen molar-refractivity contribution in [3.8, 4) is 11.8 Å². The number of amides is 1. The van der Waals surface area contributed by atoms with Crippen LogP contribution < -0.4 is 11.1 Å². The highest BCUT2D eigenvalue weighted by Gasteiger charge is 1.91. The molecule has 1 aromatic carbocycles. The van der Waals surface area contributed by atoms with Crippen LogP contribution in [0.1, 0.15) is 18.9 Å². The molecule has 0 aliphatic rings. The van der Waals surface area contributed by atoms with Gasteiger partial charge in [-0.15, -0.1) is 0 Å². The van der Waals surface area contributed by atoms with Gasteiger partial charge in [-0.05, 0) is 12.1 Å². The van der Waals surface area contributed by atoms with Crippen LogP contribution in [0.4, 0.5) is 5.69 Å². The van der Waals surface area contributed by atoms with Crippen LogP contribution in [0.25, 0.3) is 0 Å². The fourth-order valence-corrected chi connectivity index (χ4v) is 1.07. The lowest BCUT2D eigenvalue weighted by molar-refractivity contribution is -0.118. The first-order valence-electron chi connectivity index (χ1n) is 4.78. The number of nitrogens with two attached hydrogens (primary N) is 1. The minimum atomic E-state index is -0.0315. The lowest BCUT2D eigenvalue weighted by Gasteiger charge is -1.96. The molecular weight excluding hydrogens is 188 g/mol. The summed E-state index contributed by atoms with van der Waals surface area (Å²) in [5, 5.41) is 2.67. The van der Waals surface area contributed by atoms with Crippen molar-refractivity contribution in [3.05, 3.63) is 29.8 Å². The van der Waals surface area contributed by atoms with E-state index in [-0.39, 0.29) is 5.91 Å². The SMILES string of the molecule is CC(=O)NCCC#Cc1ccccc1N. The number of carbonyl (C=O) groups is 1. The molecule has 0 aromatic heterocycles. The molecule has 0 aliphatic carbocycles. The van der Waals surface area contributed by atoms with Gasteiger partial charge in [0.1, 0.15) is 0 Å². The van der Waals surface area contributed by atoms with Crippen molar-refractivity contribution in [1.29, 1.82) is 0 Å². The zero-order valence-electron chi connectivity index (χ0n) is 8.71.